The molecule has 0 spiro atoms. The molecular weight excluding hydrogens is 270 g/mol. The van der Waals surface area contributed by atoms with Gasteiger partial charge < -0.3 is 5.32 Å². The minimum Gasteiger partial charge on any atom is -0.312 e. The topological polar surface area (TPSA) is 46.2 Å². The monoisotopic (exact) mass is 289 g/mol. The van der Waals surface area contributed by atoms with Crippen molar-refractivity contribution in [2.75, 3.05) is 18.1 Å². The fourth-order valence-corrected chi connectivity index (χ4v) is 4.75. The average Bonchev–Trinajstić information content (AvgIpc) is 2.79. The first-order valence-electron chi connectivity index (χ1n) is 7.02. The van der Waals surface area contributed by atoms with E-state index >= 15 is 0 Å². The Morgan fingerprint density at radius 3 is 2.70 bits per heavy atom. The second kappa shape index (κ2) is 5.54. The van der Waals surface area contributed by atoms with E-state index in [1.165, 1.54) is 16.3 Å². The predicted molar refractivity (Wildman–Crippen MR) is 82.4 cm³/mol. The Bertz CT molecular complexity index is 704. The third-order valence-corrected chi connectivity index (χ3v) is 5.79. The van der Waals surface area contributed by atoms with Crippen molar-refractivity contribution in [3.63, 3.8) is 0 Å². The molecule has 20 heavy (non-hydrogen) atoms. The van der Waals surface area contributed by atoms with Crippen LogP contribution in [0.2, 0.25) is 0 Å². The van der Waals surface area contributed by atoms with E-state index in [0.29, 0.717) is 11.5 Å². The highest BCUT2D eigenvalue weighted by atomic mass is 32.2. The zero-order valence-electron chi connectivity index (χ0n) is 11.4. The smallest absolute Gasteiger partial charge is 0.150 e. The lowest BCUT2D eigenvalue weighted by molar-refractivity contribution is 0.521. The van der Waals surface area contributed by atoms with Crippen molar-refractivity contribution in [3.05, 3.63) is 48.0 Å². The van der Waals surface area contributed by atoms with Crippen molar-refractivity contribution in [1.29, 1.82) is 0 Å². The molecule has 1 aliphatic heterocycles. The van der Waals surface area contributed by atoms with Gasteiger partial charge in [0.05, 0.1) is 11.5 Å². The Morgan fingerprint density at radius 1 is 1.10 bits per heavy atom. The minimum absolute atomic E-state index is 0.273. The summed E-state index contributed by atoms with van der Waals surface area (Å²) in [6.07, 6.45) is 0.796. The maximum atomic E-state index is 11.4. The lowest BCUT2D eigenvalue weighted by Gasteiger charge is -2.11. The van der Waals surface area contributed by atoms with Crippen LogP contribution in [0.3, 0.4) is 0 Å². The maximum absolute atomic E-state index is 11.4. The van der Waals surface area contributed by atoms with E-state index in [2.05, 4.69) is 41.7 Å². The van der Waals surface area contributed by atoms with Gasteiger partial charge in [0.2, 0.25) is 0 Å². The Morgan fingerprint density at radius 2 is 1.90 bits per heavy atom. The molecule has 2 aromatic carbocycles. The summed E-state index contributed by atoms with van der Waals surface area (Å²) in [4.78, 5) is 0. The molecule has 1 heterocycles. The van der Waals surface area contributed by atoms with Gasteiger partial charge in [-0.15, -0.1) is 0 Å². The fraction of sp³-hybridized carbons (Fsp3) is 0.375. The molecule has 0 amide bonds. The van der Waals surface area contributed by atoms with Gasteiger partial charge in [0.1, 0.15) is 0 Å². The van der Waals surface area contributed by atoms with Gasteiger partial charge in [-0.2, -0.15) is 0 Å². The zero-order chi connectivity index (χ0) is 14.0. The van der Waals surface area contributed by atoms with Crippen molar-refractivity contribution < 1.29 is 8.42 Å². The van der Waals surface area contributed by atoms with Gasteiger partial charge in [-0.05, 0) is 35.2 Å². The van der Waals surface area contributed by atoms with Crippen LogP contribution in [0.15, 0.2) is 42.5 Å². The van der Waals surface area contributed by atoms with Gasteiger partial charge in [0.15, 0.2) is 9.84 Å². The zero-order valence-corrected chi connectivity index (χ0v) is 12.2. The van der Waals surface area contributed by atoms with Crippen LogP contribution in [0.1, 0.15) is 12.0 Å². The minimum atomic E-state index is -2.77. The molecule has 1 N–H and O–H groups in total. The lowest BCUT2D eigenvalue weighted by atomic mass is 10.0. The lowest BCUT2D eigenvalue weighted by Crippen LogP contribution is -2.23. The van der Waals surface area contributed by atoms with Crippen LogP contribution in [-0.4, -0.2) is 26.5 Å². The second-order valence-corrected chi connectivity index (χ2v) is 7.77. The van der Waals surface area contributed by atoms with E-state index in [9.17, 15) is 8.42 Å². The van der Waals surface area contributed by atoms with E-state index in [0.717, 1.165) is 19.5 Å². The molecule has 106 valence electrons. The molecule has 1 atom stereocenters. The number of fused-ring (bicyclic) bond motifs is 1. The van der Waals surface area contributed by atoms with Gasteiger partial charge >= 0.3 is 0 Å². The number of nitrogens with one attached hydrogen (secondary N) is 1. The Balaban J connectivity index is 1.63. The van der Waals surface area contributed by atoms with Gasteiger partial charge in [0.25, 0.3) is 0 Å². The summed E-state index contributed by atoms with van der Waals surface area (Å²) in [5.74, 6) is 0.971. The van der Waals surface area contributed by atoms with Gasteiger partial charge in [0, 0.05) is 6.54 Å². The molecule has 4 heteroatoms. The molecule has 0 aliphatic carbocycles. The molecule has 3 nitrogen and oxygen atoms in total. The number of sulfone groups is 1. The van der Waals surface area contributed by atoms with Crippen molar-refractivity contribution in [1.82, 2.24) is 5.32 Å². The van der Waals surface area contributed by atoms with Crippen LogP contribution in [0.25, 0.3) is 10.8 Å². The van der Waals surface area contributed by atoms with Gasteiger partial charge in [-0.1, -0.05) is 42.5 Å². The van der Waals surface area contributed by atoms with Crippen LogP contribution in [-0.2, 0) is 16.4 Å². The standard InChI is InChI=1S/C16H19NO2S/c18-20(19)9-8-13(12-20)10-17-11-15-6-3-5-14-4-1-2-7-16(14)15/h1-7,13,17H,8-12H2. The molecule has 1 fully saturated rings. The van der Waals surface area contributed by atoms with Crippen molar-refractivity contribution in [2.24, 2.45) is 5.92 Å². The molecule has 1 unspecified atom stereocenters. The molecule has 0 radical (unpaired) electrons. The average molecular weight is 289 g/mol. The van der Waals surface area contributed by atoms with Gasteiger partial charge in [-0.3, -0.25) is 0 Å². The number of benzene rings is 2. The number of hydrogen-bond donors (Lipinski definition) is 1. The first-order chi connectivity index (χ1) is 9.64. The fourth-order valence-electron chi connectivity index (χ4n) is 2.89. The number of hydrogen-bond acceptors (Lipinski definition) is 3. The van der Waals surface area contributed by atoms with Crippen molar-refractivity contribution >= 4 is 20.6 Å². The largest absolute Gasteiger partial charge is 0.312 e. The molecule has 2 aromatic rings. The van der Waals surface area contributed by atoms with E-state index in [1.54, 1.807) is 0 Å². The summed E-state index contributed by atoms with van der Waals surface area (Å²) < 4.78 is 22.8. The third kappa shape index (κ3) is 3.02. The van der Waals surface area contributed by atoms with E-state index in [-0.39, 0.29) is 5.92 Å². The van der Waals surface area contributed by atoms with Gasteiger partial charge in [-0.25, -0.2) is 8.42 Å². The van der Waals surface area contributed by atoms with Crippen LogP contribution in [0, 0.1) is 5.92 Å². The normalized spacial score (nSPS) is 21.3. The van der Waals surface area contributed by atoms with E-state index < -0.39 is 9.84 Å². The van der Waals surface area contributed by atoms with Crippen LogP contribution < -0.4 is 5.32 Å². The van der Waals surface area contributed by atoms with Crippen molar-refractivity contribution in [2.45, 2.75) is 13.0 Å². The second-order valence-electron chi connectivity index (χ2n) is 5.54. The van der Waals surface area contributed by atoms with E-state index in [1.807, 2.05) is 6.07 Å². The maximum Gasteiger partial charge on any atom is 0.150 e. The summed E-state index contributed by atoms with van der Waals surface area (Å²) in [5, 5.41) is 5.92. The summed E-state index contributed by atoms with van der Waals surface area (Å²) in [7, 11) is -2.77. The quantitative estimate of drug-likeness (QED) is 0.940. The Kier molecular flexibility index (Phi) is 3.76. The molecule has 1 saturated heterocycles. The molecular formula is C16H19NO2S. The highest BCUT2D eigenvalue weighted by Gasteiger charge is 2.27. The first-order valence-corrected chi connectivity index (χ1v) is 8.84. The van der Waals surface area contributed by atoms with E-state index in [4.69, 9.17) is 0 Å². The summed E-state index contributed by atoms with van der Waals surface area (Å²) in [6.45, 7) is 1.57. The molecule has 1 aliphatic rings. The van der Waals surface area contributed by atoms with Crippen LogP contribution in [0.5, 0.6) is 0 Å². The molecule has 0 bridgehead atoms. The molecule has 3 rings (SSSR count). The summed E-state index contributed by atoms with van der Waals surface area (Å²) in [5.41, 5.74) is 1.27. The Hall–Kier alpha value is -1.39. The summed E-state index contributed by atoms with van der Waals surface area (Å²) in [6, 6.07) is 14.6. The highest BCUT2D eigenvalue weighted by molar-refractivity contribution is 7.91. The molecule has 0 aromatic heterocycles. The highest BCUT2D eigenvalue weighted by Crippen LogP contribution is 2.20. The van der Waals surface area contributed by atoms with Crippen molar-refractivity contribution in [3.8, 4) is 0 Å². The molecule has 0 saturated carbocycles. The number of rotatable bonds is 4. The first kappa shape index (κ1) is 13.6. The van der Waals surface area contributed by atoms with Crippen LogP contribution in [0.4, 0.5) is 0 Å². The summed E-state index contributed by atoms with van der Waals surface area (Å²) >= 11 is 0. The predicted octanol–water partition coefficient (Wildman–Crippen LogP) is 2.36. The Labute approximate surface area is 119 Å². The SMILES string of the molecule is O=S1(=O)CCC(CNCc2cccc3ccccc23)C1. The van der Waals surface area contributed by atoms with Crippen LogP contribution >= 0.6 is 0 Å². The third-order valence-electron chi connectivity index (χ3n) is 3.96.